The van der Waals surface area contributed by atoms with E-state index in [0.29, 0.717) is 17.4 Å². The van der Waals surface area contributed by atoms with Crippen molar-refractivity contribution in [1.82, 2.24) is 24.8 Å². The average Bonchev–Trinajstić information content (AvgIpc) is 3.01. The first-order chi connectivity index (χ1) is 11.2. The Bertz CT molecular complexity index is 849. The van der Waals surface area contributed by atoms with E-state index in [2.05, 4.69) is 31.0 Å². The topological polar surface area (TPSA) is 108 Å². The Balaban J connectivity index is 1.80. The molecule has 4 rings (SSSR count). The summed E-state index contributed by atoms with van der Waals surface area (Å²) >= 11 is 0. The number of nitrogens with one attached hydrogen (secondary N) is 1. The van der Waals surface area contributed by atoms with Gasteiger partial charge in [-0.25, -0.2) is 15.0 Å². The molecule has 1 fully saturated rings. The Morgan fingerprint density at radius 3 is 2.91 bits per heavy atom. The summed E-state index contributed by atoms with van der Waals surface area (Å²) in [5.41, 5.74) is 15.1. The molecule has 4 heterocycles. The van der Waals surface area contributed by atoms with E-state index in [4.69, 9.17) is 11.5 Å². The minimum absolute atomic E-state index is 0.229. The third-order valence-corrected chi connectivity index (χ3v) is 4.40. The van der Waals surface area contributed by atoms with Gasteiger partial charge in [0, 0.05) is 42.1 Å². The molecule has 5 N–H and O–H groups in total. The van der Waals surface area contributed by atoms with Gasteiger partial charge in [0.25, 0.3) is 0 Å². The van der Waals surface area contributed by atoms with E-state index in [9.17, 15) is 0 Å². The molecule has 7 heteroatoms. The molecule has 1 atom stereocenters. The lowest BCUT2D eigenvalue weighted by atomic mass is 10.1. The third kappa shape index (κ3) is 2.39. The predicted molar refractivity (Wildman–Crippen MR) is 90.7 cm³/mol. The van der Waals surface area contributed by atoms with E-state index in [1.54, 1.807) is 18.5 Å². The van der Waals surface area contributed by atoms with E-state index >= 15 is 0 Å². The first kappa shape index (κ1) is 14.0. The second-order valence-electron chi connectivity index (χ2n) is 5.85. The van der Waals surface area contributed by atoms with Crippen molar-refractivity contribution < 1.29 is 0 Å². The van der Waals surface area contributed by atoms with E-state index in [1.807, 2.05) is 6.07 Å². The number of piperidine rings is 1. The van der Waals surface area contributed by atoms with Crippen molar-refractivity contribution in [2.75, 3.05) is 24.6 Å². The summed E-state index contributed by atoms with van der Waals surface area (Å²) in [5, 5.41) is 4.38. The normalized spacial score (nSPS) is 18.3. The molecule has 3 aromatic heterocycles. The van der Waals surface area contributed by atoms with Crippen molar-refractivity contribution in [1.29, 1.82) is 0 Å². The van der Waals surface area contributed by atoms with Crippen LogP contribution in [-0.4, -0.2) is 32.6 Å². The van der Waals surface area contributed by atoms with Gasteiger partial charge >= 0.3 is 0 Å². The summed E-state index contributed by atoms with van der Waals surface area (Å²) in [7, 11) is 0. The van der Waals surface area contributed by atoms with Crippen molar-refractivity contribution in [2.24, 2.45) is 0 Å². The lowest BCUT2D eigenvalue weighted by molar-refractivity contribution is 0.378. The maximum Gasteiger partial charge on any atom is 0.220 e. The summed E-state index contributed by atoms with van der Waals surface area (Å²) in [6, 6.07) is 4.24. The maximum atomic E-state index is 6.37. The minimum Gasteiger partial charge on any atom is -0.398 e. The molecule has 118 valence electrons. The van der Waals surface area contributed by atoms with Crippen molar-refractivity contribution in [3.8, 4) is 11.3 Å². The molecule has 1 aliphatic heterocycles. The zero-order valence-electron chi connectivity index (χ0n) is 12.7. The fraction of sp³-hybridized carbons (Fsp3) is 0.312. The summed E-state index contributed by atoms with van der Waals surface area (Å²) in [5.74, 6) is 0.229. The van der Waals surface area contributed by atoms with Gasteiger partial charge in [0.1, 0.15) is 5.65 Å². The highest BCUT2D eigenvalue weighted by Gasteiger charge is 2.19. The molecule has 1 saturated heterocycles. The number of hydrogen-bond donors (Lipinski definition) is 3. The van der Waals surface area contributed by atoms with Crippen LogP contribution in [0.2, 0.25) is 0 Å². The number of nitrogen functional groups attached to an aromatic ring is 2. The van der Waals surface area contributed by atoms with Gasteiger partial charge in [-0.2, -0.15) is 0 Å². The van der Waals surface area contributed by atoms with Crippen molar-refractivity contribution in [3.05, 3.63) is 30.7 Å². The van der Waals surface area contributed by atoms with Gasteiger partial charge in [0.05, 0.1) is 11.4 Å². The number of hydrogen-bond acceptors (Lipinski definition) is 6. The van der Waals surface area contributed by atoms with Crippen LogP contribution in [0.25, 0.3) is 22.3 Å². The average molecular weight is 309 g/mol. The number of fused-ring (bicyclic) bond motifs is 1. The summed E-state index contributed by atoms with van der Waals surface area (Å²) in [6.07, 6.45) is 7.80. The minimum atomic E-state index is 0.229. The number of nitrogens with zero attached hydrogens (tertiary/aromatic N) is 4. The van der Waals surface area contributed by atoms with Gasteiger partial charge in [0.15, 0.2) is 0 Å². The molecule has 0 amide bonds. The van der Waals surface area contributed by atoms with Gasteiger partial charge in [-0.3, -0.25) is 0 Å². The maximum absolute atomic E-state index is 6.37. The predicted octanol–water partition coefficient (Wildman–Crippen LogP) is 1.58. The second kappa shape index (κ2) is 5.51. The van der Waals surface area contributed by atoms with Crippen LogP contribution in [0.3, 0.4) is 0 Å². The number of rotatable bonds is 2. The van der Waals surface area contributed by atoms with Crippen LogP contribution in [0.4, 0.5) is 11.6 Å². The molecule has 0 spiro atoms. The Hall–Kier alpha value is -2.67. The van der Waals surface area contributed by atoms with Crippen LogP contribution >= 0.6 is 0 Å². The largest absolute Gasteiger partial charge is 0.398 e. The quantitative estimate of drug-likeness (QED) is 0.663. The zero-order valence-corrected chi connectivity index (χ0v) is 12.7. The smallest absolute Gasteiger partial charge is 0.220 e. The highest BCUT2D eigenvalue weighted by Crippen LogP contribution is 2.32. The number of aromatic nitrogens is 4. The highest BCUT2D eigenvalue weighted by molar-refractivity contribution is 5.96. The van der Waals surface area contributed by atoms with Gasteiger partial charge in [0.2, 0.25) is 5.95 Å². The van der Waals surface area contributed by atoms with Crippen molar-refractivity contribution in [3.63, 3.8) is 0 Å². The van der Waals surface area contributed by atoms with E-state index < -0.39 is 0 Å². The molecular formula is C16H19N7. The first-order valence-corrected chi connectivity index (χ1v) is 7.78. The van der Waals surface area contributed by atoms with Gasteiger partial charge in [-0.15, -0.1) is 0 Å². The van der Waals surface area contributed by atoms with Crippen LogP contribution in [-0.2, 0) is 0 Å². The molecule has 23 heavy (non-hydrogen) atoms. The lowest BCUT2D eigenvalue weighted by Crippen LogP contribution is -2.31. The Kier molecular flexibility index (Phi) is 3.34. The Morgan fingerprint density at radius 1 is 1.22 bits per heavy atom. The van der Waals surface area contributed by atoms with E-state index in [-0.39, 0.29) is 5.95 Å². The summed E-state index contributed by atoms with van der Waals surface area (Å²) < 4.78 is 2.22. The number of pyridine rings is 1. The summed E-state index contributed by atoms with van der Waals surface area (Å²) in [6.45, 7) is 2.06. The Labute approximate surface area is 133 Å². The third-order valence-electron chi connectivity index (χ3n) is 4.40. The summed E-state index contributed by atoms with van der Waals surface area (Å²) in [4.78, 5) is 12.8. The standard InChI is InChI=1S/C16H19N7/c17-14-11-4-7-23(10-2-1-5-19-8-10)15(11)21-9-12(14)13-3-6-20-16(18)22-13/h3-4,6-7,9-10,19H,1-2,5,8H2,(H2,17,21)(H2,18,20,22)/t10-/m1/s1. The SMILES string of the molecule is Nc1nccc(-c2cnc3c(ccn3[C@@H]3CCCNC3)c2N)n1. The second-order valence-corrected chi connectivity index (χ2v) is 5.85. The van der Waals surface area contributed by atoms with Gasteiger partial charge in [-0.05, 0) is 31.5 Å². The zero-order chi connectivity index (χ0) is 15.8. The lowest BCUT2D eigenvalue weighted by Gasteiger charge is -2.24. The van der Waals surface area contributed by atoms with Crippen LogP contribution < -0.4 is 16.8 Å². The van der Waals surface area contributed by atoms with Crippen LogP contribution in [0.5, 0.6) is 0 Å². The number of nitrogens with two attached hydrogens (primary N) is 2. The van der Waals surface area contributed by atoms with Crippen LogP contribution in [0, 0.1) is 0 Å². The fourth-order valence-electron chi connectivity index (χ4n) is 3.22. The van der Waals surface area contributed by atoms with Gasteiger partial charge in [-0.1, -0.05) is 0 Å². The van der Waals surface area contributed by atoms with Gasteiger partial charge < -0.3 is 21.4 Å². The highest BCUT2D eigenvalue weighted by atomic mass is 15.1. The molecule has 7 nitrogen and oxygen atoms in total. The monoisotopic (exact) mass is 309 g/mol. The molecular weight excluding hydrogens is 290 g/mol. The Morgan fingerprint density at radius 2 is 2.13 bits per heavy atom. The molecule has 0 radical (unpaired) electrons. The molecule has 0 saturated carbocycles. The molecule has 1 aliphatic rings. The van der Waals surface area contributed by atoms with Crippen molar-refractivity contribution >= 4 is 22.7 Å². The van der Waals surface area contributed by atoms with Crippen LogP contribution in [0.15, 0.2) is 30.7 Å². The molecule has 0 bridgehead atoms. The fourth-order valence-corrected chi connectivity index (χ4v) is 3.22. The molecule has 0 aliphatic carbocycles. The van der Waals surface area contributed by atoms with Crippen LogP contribution in [0.1, 0.15) is 18.9 Å². The number of anilines is 2. The first-order valence-electron chi connectivity index (χ1n) is 7.78. The molecule has 0 unspecified atom stereocenters. The van der Waals surface area contributed by atoms with E-state index in [0.717, 1.165) is 36.1 Å². The molecule has 0 aromatic carbocycles. The van der Waals surface area contributed by atoms with Crippen molar-refractivity contribution in [2.45, 2.75) is 18.9 Å². The molecule has 3 aromatic rings. The van der Waals surface area contributed by atoms with E-state index in [1.165, 1.54) is 6.42 Å².